The van der Waals surface area contributed by atoms with E-state index in [1.165, 1.54) is 6.42 Å². The van der Waals surface area contributed by atoms with Gasteiger partial charge < -0.3 is 14.8 Å². The molecule has 2 rings (SSSR count). The van der Waals surface area contributed by atoms with Crippen molar-refractivity contribution in [1.82, 2.24) is 0 Å². The standard InChI is InChI=1S/C21H33NO3/c1-5-13-25-21(12-6-7-17(4)14-21)20(23)22-18-8-10-19(11-9-18)24-15-16(2)3/h8-11,16-17H,5-7,12-15H2,1-4H3,(H,22,23)/t17-,21-/m0/s1. The van der Waals surface area contributed by atoms with Crippen LogP contribution in [0.5, 0.6) is 5.75 Å². The molecule has 1 aromatic carbocycles. The van der Waals surface area contributed by atoms with Gasteiger partial charge in [-0.25, -0.2) is 0 Å². The fourth-order valence-corrected chi connectivity index (χ4v) is 3.35. The molecule has 4 heteroatoms. The van der Waals surface area contributed by atoms with Gasteiger partial charge in [0.05, 0.1) is 6.61 Å². The van der Waals surface area contributed by atoms with Crippen molar-refractivity contribution in [1.29, 1.82) is 0 Å². The van der Waals surface area contributed by atoms with Gasteiger partial charge in [0.15, 0.2) is 0 Å². The lowest BCUT2D eigenvalue weighted by Crippen LogP contribution is -2.48. The minimum absolute atomic E-state index is 0.0108. The third kappa shape index (κ3) is 5.74. The summed E-state index contributed by atoms with van der Waals surface area (Å²) in [5.74, 6) is 1.82. The molecule has 140 valence electrons. The maximum Gasteiger partial charge on any atom is 0.256 e. The molecule has 4 nitrogen and oxygen atoms in total. The van der Waals surface area contributed by atoms with Gasteiger partial charge in [-0.15, -0.1) is 0 Å². The number of carbonyl (C=O) groups excluding carboxylic acids is 1. The average molecular weight is 347 g/mol. The highest BCUT2D eigenvalue weighted by Crippen LogP contribution is 2.36. The molecule has 0 aromatic heterocycles. The van der Waals surface area contributed by atoms with E-state index in [1.54, 1.807) is 0 Å². The number of benzene rings is 1. The van der Waals surface area contributed by atoms with E-state index in [1.807, 2.05) is 24.3 Å². The number of hydrogen-bond acceptors (Lipinski definition) is 3. The highest BCUT2D eigenvalue weighted by Gasteiger charge is 2.42. The summed E-state index contributed by atoms with van der Waals surface area (Å²) in [5, 5.41) is 3.05. The van der Waals surface area contributed by atoms with Crippen molar-refractivity contribution in [2.45, 2.75) is 65.4 Å². The molecule has 1 amide bonds. The smallest absolute Gasteiger partial charge is 0.256 e. The molecule has 1 N–H and O–H groups in total. The molecule has 0 bridgehead atoms. The third-order valence-electron chi connectivity index (χ3n) is 4.65. The van der Waals surface area contributed by atoms with Crippen LogP contribution in [0.2, 0.25) is 0 Å². The van der Waals surface area contributed by atoms with Crippen LogP contribution in [-0.2, 0) is 9.53 Å². The molecule has 0 spiro atoms. The van der Waals surface area contributed by atoms with Gasteiger partial charge in [0.2, 0.25) is 0 Å². The molecule has 0 heterocycles. The molecular weight excluding hydrogens is 314 g/mol. The third-order valence-corrected chi connectivity index (χ3v) is 4.65. The fourth-order valence-electron chi connectivity index (χ4n) is 3.35. The second-order valence-electron chi connectivity index (χ2n) is 7.73. The first-order chi connectivity index (χ1) is 11.9. The Morgan fingerprint density at radius 3 is 2.64 bits per heavy atom. The topological polar surface area (TPSA) is 47.6 Å². The molecule has 1 saturated carbocycles. The Bertz CT molecular complexity index is 541. The number of rotatable bonds is 8. The number of anilines is 1. The largest absolute Gasteiger partial charge is 0.493 e. The maximum atomic E-state index is 13.0. The van der Waals surface area contributed by atoms with E-state index in [2.05, 4.69) is 33.0 Å². The van der Waals surface area contributed by atoms with Gasteiger partial charge in [-0.05, 0) is 61.8 Å². The summed E-state index contributed by atoms with van der Waals surface area (Å²) >= 11 is 0. The predicted octanol–water partition coefficient (Wildman–Crippen LogP) is 5.04. The molecule has 1 aliphatic carbocycles. The van der Waals surface area contributed by atoms with Gasteiger partial charge in [-0.2, -0.15) is 0 Å². The summed E-state index contributed by atoms with van der Waals surface area (Å²) in [4.78, 5) is 13.0. The Morgan fingerprint density at radius 1 is 1.32 bits per heavy atom. The molecule has 1 fully saturated rings. The molecule has 0 unspecified atom stereocenters. The van der Waals surface area contributed by atoms with Gasteiger partial charge in [0.25, 0.3) is 5.91 Å². The molecular formula is C21H33NO3. The second kappa shape index (κ2) is 9.23. The Labute approximate surface area is 152 Å². The monoisotopic (exact) mass is 347 g/mol. The van der Waals surface area contributed by atoms with E-state index in [-0.39, 0.29) is 5.91 Å². The van der Waals surface area contributed by atoms with Crippen molar-refractivity contribution in [2.75, 3.05) is 18.5 Å². The number of hydrogen-bond donors (Lipinski definition) is 1. The lowest BCUT2D eigenvalue weighted by Gasteiger charge is -2.38. The van der Waals surface area contributed by atoms with Crippen LogP contribution < -0.4 is 10.1 Å². The molecule has 0 aliphatic heterocycles. The predicted molar refractivity (Wildman–Crippen MR) is 102 cm³/mol. The summed E-state index contributed by atoms with van der Waals surface area (Å²) in [5.41, 5.74) is 0.111. The van der Waals surface area contributed by atoms with Crippen molar-refractivity contribution < 1.29 is 14.3 Å². The van der Waals surface area contributed by atoms with Crippen LogP contribution in [0.3, 0.4) is 0 Å². The lowest BCUT2D eigenvalue weighted by molar-refractivity contribution is -0.148. The molecule has 0 radical (unpaired) electrons. The number of amides is 1. The van der Waals surface area contributed by atoms with E-state index in [4.69, 9.17) is 9.47 Å². The summed E-state index contributed by atoms with van der Waals surface area (Å²) in [6.07, 6.45) is 4.74. The maximum absolute atomic E-state index is 13.0. The molecule has 2 atom stereocenters. The van der Waals surface area contributed by atoms with Gasteiger partial charge in [0, 0.05) is 12.3 Å². The Balaban J connectivity index is 2.02. The summed E-state index contributed by atoms with van der Waals surface area (Å²) < 4.78 is 11.8. The number of nitrogens with one attached hydrogen (secondary N) is 1. The normalized spacial score (nSPS) is 23.5. The van der Waals surface area contributed by atoms with Crippen molar-refractivity contribution in [3.05, 3.63) is 24.3 Å². The van der Waals surface area contributed by atoms with Gasteiger partial charge >= 0.3 is 0 Å². The first-order valence-electron chi connectivity index (χ1n) is 9.63. The lowest BCUT2D eigenvalue weighted by atomic mass is 9.78. The van der Waals surface area contributed by atoms with Gasteiger partial charge in [-0.3, -0.25) is 4.79 Å². The fraction of sp³-hybridized carbons (Fsp3) is 0.667. The number of carbonyl (C=O) groups is 1. The highest BCUT2D eigenvalue weighted by atomic mass is 16.5. The highest BCUT2D eigenvalue weighted by molar-refractivity contribution is 5.97. The van der Waals surface area contributed by atoms with Gasteiger partial charge in [-0.1, -0.05) is 34.1 Å². The Kier molecular flexibility index (Phi) is 7.30. The zero-order valence-electron chi connectivity index (χ0n) is 16.1. The summed E-state index contributed by atoms with van der Waals surface area (Å²) in [6.45, 7) is 9.84. The van der Waals surface area contributed by atoms with Crippen LogP contribution in [0.4, 0.5) is 5.69 Å². The van der Waals surface area contributed by atoms with Crippen molar-refractivity contribution in [2.24, 2.45) is 11.8 Å². The SMILES string of the molecule is CCCO[C@@]1(C(=O)Nc2ccc(OCC(C)C)cc2)CCC[C@H](C)C1. The molecule has 25 heavy (non-hydrogen) atoms. The minimum Gasteiger partial charge on any atom is -0.493 e. The van der Waals surface area contributed by atoms with E-state index < -0.39 is 5.60 Å². The van der Waals surface area contributed by atoms with E-state index in [0.29, 0.717) is 25.0 Å². The zero-order valence-corrected chi connectivity index (χ0v) is 16.1. The molecule has 0 saturated heterocycles. The zero-order chi connectivity index (χ0) is 18.3. The molecule has 1 aliphatic rings. The minimum atomic E-state index is -0.680. The quantitative estimate of drug-likeness (QED) is 0.717. The van der Waals surface area contributed by atoms with Crippen LogP contribution in [0, 0.1) is 11.8 Å². The van der Waals surface area contributed by atoms with Crippen LogP contribution in [0.25, 0.3) is 0 Å². The second-order valence-corrected chi connectivity index (χ2v) is 7.73. The van der Waals surface area contributed by atoms with E-state index in [9.17, 15) is 4.79 Å². The average Bonchev–Trinajstić information content (AvgIpc) is 2.59. The first kappa shape index (κ1) is 19.8. The summed E-state index contributed by atoms with van der Waals surface area (Å²) in [6, 6.07) is 7.60. The number of ether oxygens (including phenoxy) is 2. The van der Waals surface area contributed by atoms with Crippen molar-refractivity contribution in [3.63, 3.8) is 0 Å². The molecule has 1 aromatic rings. The van der Waals surface area contributed by atoms with Crippen molar-refractivity contribution >= 4 is 11.6 Å². The van der Waals surface area contributed by atoms with Crippen LogP contribution in [0.15, 0.2) is 24.3 Å². The summed E-state index contributed by atoms with van der Waals surface area (Å²) in [7, 11) is 0. The van der Waals surface area contributed by atoms with Gasteiger partial charge in [0.1, 0.15) is 11.4 Å². The van der Waals surface area contributed by atoms with Crippen LogP contribution >= 0.6 is 0 Å². The van der Waals surface area contributed by atoms with Crippen LogP contribution in [-0.4, -0.2) is 24.7 Å². The first-order valence-corrected chi connectivity index (χ1v) is 9.63. The Morgan fingerprint density at radius 2 is 2.04 bits per heavy atom. The van der Waals surface area contributed by atoms with Crippen LogP contribution in [0.1, 0.15) is 59.8 Å². The van der Waals surface area contributed by atoms with Crippen molar-refractivity contribution in [3.8, 4) is 5.75 Å². The Hall–Kier alpha value is -1.55. The van der Waals surface area contributed by atoms with E-state index in [0.717, 1.165) is 37.1 Å². The van der Waals surface area contributed by atoms with E-state index >= 15 is 0 Å².